The van der Waals surface area contributed by atoms with Crippen molar-refractivity contribution in [3.8, 4) is 0 Å². The van der Waals surface area contributed by atoms with Crippen LogP contribution in [0.15, 0.2) is 64.6 Å². The van der Waals surface area contributed by atoms with E-state index in [1.165, 1.54) is 5.01 Å². The maximum Gasteiger partial charge on any atom is 0.253 e. The van der Waals surface area contributed by atoms with Crippen LogP contribution in [0.5, 0.6) is 0 Å². The normalized spacial score (nSPS) is 14.4. The summed E-state index contributed by atoms with van der Waals surface area (Å²) < 4.78 is 0. The molecule has 0 aliphatic carbocycles. The van der Waals surface area contributed by atoms with Crippen LogP contribution in [0.4, 0.5) is 5.69 Å². The molecule has 5 heteroatoms. The van der Waals surface area contributed by atoms with E-state index >= 15 is 0 Å². The van der Waals surface area contributed by atoms with Crippen molar-refractivity contribution in [1.29, 1.82) is 0 Å². The van der Waals surface area contributed by atoms with Crippen molar-refractivity contribution in [3.05, 3.63) is 59.6 Å². The molecule has 2 aromatic carbocycles. The Morgan fingerprint density at radius 1 is 1.10 bits per heavy atom. The van der Waals surface area contributed by atoms with E-state index in [2.05, 4.69) is 5.10 Å². The second-order valence-electron chi connectivity index (χ2n) is 4.63. The molecule has 1 aliphatic rings. The largest absolute Gasteiger partial charge is 0.272 e. The molecule has 1 aliphatic heterocycles. The van der Waals surface area contributed by atoms with Gasteiger partial charge in [-0.25, -0.2) is 5.01 Å². The number of nitrogens with zero attached hydrogens (tertiary/aromatic N) is 2. The van der Waals surface area contributed by atoms with Crippen LogP contribution >= 0.6 is 23.4 Å². The van der Waals surface area contributed by atoms with Crippen LogP contribution in [0.1, 0.15) is 6.42 Å². The summed E-state index contributed by atoms with van der Waals surface area (Å²) in [5.74, 6) is 0.726. The van der Waals surface area contributed by atoms with Crippen LogP contribution in [0.3, 0.4) is 0 Å². The molecule has 0 aromatic heterocycles. The highest BCUT2D eigenvalue weighted by molar-refractivity contribution is 8.00. The summed E-state index contributed by atoms with van der Waals surface area (Å²) in [5, 5.41) is 6.63. The van der Waals surface area contributed by atoms with Crippen LogP contribution in [0.25, 0.3) is 0 Å². The van der Waals surface area contributed by atoms with Gasteiger partial charge in [-0.1, -0.05) is 29.8 Å². The van der Waals surface area contributed by atoms with Crippen molar-refractivity contribution in [2.24, 2.45) is 5.10 Å². The summed E-state index contributed by atoms with van der Waals surface area (Å²) in [5.41, 5.74) is 1.71. The lowest BCUT2D eigenvalue weighted by Gasteiger charge is -2.10. The van der Waals surface area contributed by atoms with Crippen LogP contribution in [-0.4, -0.2) is 17.4 Å². The number of hydrogen-bond donors (Lipinski definition) is 0. The number of halogens is 1. The number of carbonyl (C=O) groups is 1. The standard InChI is InChI=1S/C16H13ClN2OS/c17-12-6-8-15(9-7-12)21-11-13-10-16(20)19(18-13)14-4-2-1-3-5-14/h1-9H,10-11H2. The van der Waals surface area contributed by atoms with Crippen LogP contribution in [0.2, 0.25) is 5.02 Å². The zero-order chi connectivity index (χ0) is 14.7. The monoisotopic (exact) mass is 316 g/mol. The van der Waals surface area contributed by atoms with Gasteiger partial charge in [0.2, 0.25) is 0 Å². The lowest BCUT2D eigenvalue weighted by molar-refractivity contribution is -0.116. The highest BCUT2D eigenvalue weighted by Gasteiger charge is 2.24. The molecule has 2 aromatic rings. The van der Waals surface area contributed by atoms with Crippen molar-refractivity contribution < 1.29 is 4.79 Å². The number of carbonyl (C=O) groups excluding carboxylic acids is 1. The summed E-state index contributed by atoms with van der Waals surface area (Å²) in [6, 6.07) is 17.2. The summed E-state index contributed by atoms with van der Waals surface area (Å²) >= 11 is 7.52. The Bertz CT molecular complexity index is 670. The van der Waals surface area contributed by atoms with Gasteiger partial charge in [-0.2, -0.15) is 5.10 Å². The first-order chi connectivity index (χ1) is 10.2. The number of para-hydroxylation sites is 1. The quantitative estimate of drug-likeness (QED) is 0.791. The molecular weight excluding hydrogens is 304 g/mol. The molecule has 0 saturated carbocycles. The number of benzene rings is 2. The zero-order valence-corrected chi connectivity index (χ0v) is 12.8. The summed E-state index contributed by atoms with van der Waals surface area (Å²) in [7, 11) is 0. The maximum absolute atomic E-state index is 12.0. The fourth-order valence-corrected chi connectivity index (χ4v) is 2.98. The van der Waals surface area contributed by atoms with Gasteiger partial charge in [-0.15, -0.1) is 11.8 Å². The predicted octanol–water partition coefficient (Wildman–Crippen LogP) is 4.23. The molecule has 0 unspecified atom stereocenters. The summed E-state index contributed by atoms with van der Waals surface area (Å²) in [6.07, 6.45) is 0.384. The highest BCUT2D eigenvalue weighted by atomic mass is 35.5. The second-order valence-corrected chi connectivity index (χ2v) is 6.11. The fraction of sp³-hybridized carbons (Fsp3) is 0.125. The third-order valence-corrected chi connectivity index (χ3v) is 4.39. The molecule has 0 saturated heterocycles. The van der Waals surface area contributed by atoms with E-state index in [-0.39, 0.29) is 5.91 Å². The molecule has 0 radical (unpaired) electrons. The molecule has 1 amide bonds. The molecule has 0 spiro atoms. The Morgan fingerprint density at radius 3 is 2.52 bits per heavy atom. The van der Waals surface area contributed by atoms with Crippen molar-refractivity contribution in [2.45, 2.75) is 11.3 Å². The van der Waals surface area contributed by atoms with Gasteiger partial charge >= 0.3 is 0 Å². The van der Waals surface area contributed by atoms with Crippen molar-refractivity contribution in [3.63, 3.8) is 0 Å². The summed E-state index contributed by atoms with van der Waals surface area (Å²) in [4.78, 5) is 13.1. The molecule has 3 rings (SSSR count). The Kier molecular flexibility index (Phi) is 4.27. The molecule has 0 fully saturated rings. The second kappa shape index (κ2) is 6.33. The van der Waals surface area contributed by atoms with Crippen molar-refractivity contribution >= 4 is 40.7 Å². The van der Waals surface area contributed by atoms with E-state index in [0.29, 0.717) is 12.2 Å². The van der Waals surface area contributed by atoms with Gasteiger partial charge in [0.05, 0.1) is 17.8 Å². The number of anilines is 1. The van der Waals surface area contributed by atoms with Gasteiger partial charge in [0, 0.05) is 15.7 Å². The molecule has 0 bridgehead atoms. The molecule has 3 nitrogen and oxygen atoms in total. The van der Waals surface area contributed by atoms with Gasteiger partial charge in [0.15, 0.2) is 0 Å². The molecule has 1 heterocycles. The van der Waals surface area contributed by atoms with Crippen molar-refractivity contribution in [1.82, 2.24) is 0 Å². The van der Waals surface area contributed by atoms with E-state index < -0.39 is 0 Å². The lowest BCUT2D eigenvalue weighted by Crippen LogP contribution is -2.19. The Balaban J connectivity index is 1.67. The minimum Gasteiger partial charge on any atom is -0.272 e. The number of amides is 1. The number of hydrogen-bond acceptors (Lipinski definition) is 3. The fourth-order valence-electron chi connectivity index (χ4n) is 2.03. The van der Waals surface area contributed by atoms with Gasteiger partial charge in [-0.05, 0) is 36.4 Å². The van der Waals surface area contributed by atoms with Crippen molar-refractivity contribution in [2.75, 3.05) is 10.8 Å². The Labute approximate surface area is 132 Å². The van der Waals surface area contributed by atoms with Crippen LogP contribution < -0.4 is 5.01 Å². The average molecular weight is 317 g/mol. The van der Waals surface area contributed by atoms with Gasteiger partial charge in [0.25, 0.3) is 5.91 Å². The van der Waals surface area contributed by atoms with E-state index in [4.69, 9.17) is 11.6 Å². The average Bonchev–Trinajstić information content (AvgIpc) is 2.89. The highest BCUT2D eigenvalue weighted by Crippen LogP contribution is 2.24. The summed E-state index contributed by atoms with van der Waals surface area (Å²) in [6.45, 7) is 0. The molecule has 21 heavy (non-hydrogen) atoms. The van der Waals surface area contributed by atoms with E-state index in [0.717, 1.165) is 21.3 Å². The number of hydrazone groups is 1. The number of thioether (sulfide) groups is 1. The molecule has 0 atom stereocenters. The zero-order valence-electron chi connectivity index (χ0n) is 11.2. The first-order valence-corrected chi connectivity index (χ1v) is 7.91. The smallest absolute Gasteiger partial charge is 0.253 e. The minimum atomic E-state index is 0.0212. The van der Waals surface area contributed by atoms with E-state index in [9.17, 15) is 4.79 Å². The third kappa shape index (κ3) is 3.46. The Morgan fingerprint density at radius 2 is 1.81 bits per heavy atom. The molecular formula is C16H13ClN2OS. The SMILES string of the molecule is O=C1CC(CSc2ccc(Cl)cc2)=NN1c1ccccc1. The Hall–Kier alpha value is -1.78. The first kappa shape index (κ1) is 14.2. The lowest BCUT2D eigenvalue weighted by atomic mass is 10.3. The molecule has 0 N–H and O–H groups in total. The predicted molar refractivity (Wildman–Crippen MR) is 88.2 cm³/mol. The topological polar surface area (TPSA) is 32.7 Å². The van der Waals surface area contributed by atoms with Gasteiger partial charge in [0.1, 0.15) is 0 Å². The van der Waals surface area contributed by atoms with Crippen LogP contribution in [0, 0.1) is 0 Å². The minimum absolute atomic E-state index is 0.0212. The van der Waals surface area contributed by atoms with Gasteiger partial charge < -0.3 is 0 Å². The third-order valence-electron chi connectivity index (χ3n) is 3.05. The van der Waals surface area contributed by atoms with Gasteiger partial charge in [-0.3, -0.25) is 4.79 Å². The van der Waals surface area contributed by atoms with Crippen LogP contribution in [-0.2, 0) is 4.79 Å². The first-order valence-electron chi connectivity index (χ1n) is 6.55. The van der Waals surface area contributed by atoms with E-state index in [1.54, 1.807) is 11.8 Å². The maximum atomic E-state index is 12.0. The van der Waals surface area contributed by atoms with E-state index in [1.807, 2.05) is 54.6 Å². The number of rotatable bonds is 4. The molecule has 106 valence electrons.